The Bertz CT molecular complexity index is 1010. The average Bonchev–Trinajstić information content (AvgIpc) is 3.11. The normalized spacial score (nSPS) is 18.4. The number of alkyl halides is 3. The lowest BCUT2D eigenvalue weighted by molar-refractivity contribution is -0.136. The summed E-state index contributed by atoms with van der Waals surface area (Å²) in [5.41, 5.74) is 1.42. The number of hydrogen-bond acceptors (Lipinski definition) is 4. The number of hydrazone groups is 1. The first-order chi connectivity index (χ1) is 13.7. The van der Waals surface area contributed by atoms with E-state index in [0.717, 1.165) is 17.7 Å². The van der Waals surface area contributed by atoms with Crippen molar-refractivity contribution in [3.8, 4) is 5.75 Å². The molecule has 0 saturated carbocycles. The largest absolute Gasteiger partial charge is 0.497 e. The molecule has 1 heterocycles. The number of benzene rings is 2. The Labute approximate surface area is 165 Å². The zero-order valence-electron chi connectivity index (χ0n) is 15.6. The fourth-order valence-electron chi connectivity index (χ4n) is 2.89. The maximum atomic E-state index is 13.1. The summed E-state index contributed by atoms with van der Waals surface area (Å²) in [6.07, 6.45) is -4.45. The Morgan fingerprint density at radius 1 is 1.28 bits per heavy atom. The van der Waals surface area contributed by atoms with Crippen molar-refractivity contribution >= 4 is 23.0 Å². The van der Waals surface area contributed by atoms with Gasteiger partial charge in [0.25, 0.3) is 5.91 Å². The quantitative estimate of drug-likeness (QED) is 0.747. The summed E-state index contributed by atoms with van der Waals surface area (Å²) in [5.74, 6) is 0.151. The number of nitrogens with zero attached hydrogens (tertiary/aromatic N) is 2. The number of hydrogen-bond donors (Lipinski definition) is 2. The van der Waals surface area contributed by atoms with Gasteiger partial charge >= 0.3 is 6.18 Å². The number of methoxy groups -OCH3 is 1. The van der Waals surface area contributed by atoms with E-state index in [0.29, 0.717) is 11.5 Å². The molecule has 2 aromatic rings. The van der Waals surface area contributed by atoms with Crippen molar-refractivity contribution in [3.05, 3.63) is 65.0 Å². The van der Waals surface area contributed by atoms with Gasteiger partial charge in [-0.3, -0.25) is 10.2 Å². The van der Waals surface area contributed by atoms with Gasteiger partial charge in [-0.25, -0.2) is 4.85 Å². The molecule has 1 unspecified atom stereocenters. The van der Waals surface area contributed by atoms with E-state index in [9.17, 15) is 18.0 Å². The number of amides is 1. The molecular formula is C20H17F3N4O2. The molecule has 2 aromatic carbocycles. The Balaban J connectivity index is 1.75. The second kappa shape index (κ2) is 7.47. The van der Waals surface area contributed by atoms with E-state index in [-0.39, 0.29) is 12.1 Å². The van der Waals surface area contributed by atoms with Gasteiger partial charge in [0, 0.05) is 12.1 Å². The van der Waals surface area contributed by atoms with Gasteiger partial charge in [0.1, 0.15) is 11.3 Å². The first-order valence-electron chi connectivity index (χ1n) is 8.54. The molecule has 9 heteroatoms. The summed E-state index contributed by atoms with van der Waals surface area (Å²) >= 11 is 0. The molecule has 2 N–H and O–H groups in total. The van der Waals surface area contributed by atoms with Crippen molar-refractivity contribution in [2.75, 3.05) is 12.4 Å². The highest BCUT2D eigenvalue weighted by molar-refractivity contribution is 6.09. The molecule has 29 heavy (non-hydrogen) atoms. The minimum atomic E-state index is -4.69. The fourth-order valence-corrected chi connectivity index (χ4v) is 2.89. The van der Waals surface area contributed by atoms with Crippen LogP contribution in [-0.2, 0) is 11.0 Å². The van der Waals surface area contributed by atoms with Crippen LogP contribution in [0.15, 0.2) is 47.6 Å². The summed E-state index contributed by atoms with van der Waals surface area (Å²) in [6.45, 7) is 8.49. The lowest BCUT2D eigenvalue weighted by atomic mass is 9.93. The maximum Gasteiger partial charge on any atom is 0.407 e. The monoisotopic (exact) mass is 402 g/mol. The fraction of sp³-hybridized carbons (Fsp3) is 0.250. The van der Waals surface area contributed by atoms with Crippen LogP contribution in [0, 0.1) is 6.57 Å². The third-order valence-corrected chi connectivity index (χ3v) is 4.56. The number of ether oxygens (including phenoxy) is 1. The molecule has 1 aliphatic rings. The van der Waals surface area contributed by atoms with E-state index >= 15 is 0 Å². The van der Waals surface area contributed by atoms with E-state index in [1.807, 2.05) is 12.1 Å². The first-order valence-corrected chi connectivity index (χ1v) is 8.54. The zero-order valence-corrected chi connectivity index (χ0v) is 15.6. The summed E-state index contributed by atoms with van der Waals surface area (Å²) in [4.78, 5) is 15.6. The third-order valence-electron chi connectivity index (χ3n) is 4.56. The summed E-state index contributed by atoms with van der Waals surface area (Å²) in [7, 11) is 1.56. The Hall–Kier alpha value is -3.54. The molecule has 0 fully saturated rings. The standard InChI is InChI=1S/C20H17F3N4O2/c1-19(11-17(26-27-19)12-4-7-14(29-3)8-5-12)18(28)25-13-6-9-16(24-2)15(10-13)20(21,22)23/h4-10,27H,11H2,1,3H3,(H,25,28). The molecule has 1 aliphatic heterocycles. The Kier molecular flexibility index (Phi) is 5.20. The Morgan fingerprint density at radius 3 is 2.55 bits per heavy atom. The van der Waals surface area contributed by atoms with Crippen LogP contribution in [0.1, 0.15) is 24.5 Å². The highest BCUT2D eigenvalue weighted by Crippen LogP contribution is 2.38. The van der Waals surface area contributed by atoms with Gasteiger partial charge in [-0.1, -0.05) is 6.07 Å². The van der Waals surface area contributed by atoms with Gasteiger partial charge in [0.15, 0.2) is 5.69 Å². The molecular weight excluding hydrogens is 385 g/mol. The molecule has 150 valence electrons. The zero-order chi connectivity index (χ0) is 21.2. The van der Waals surface area contributed by atoms with Gasteiger partial charge in [-0.2, -0.15) is 18.3 Å². The van der Waals surface area contributed by atoms with Crippen LogP contribution >= 0.6 is 0 Å². The second-order valence-corrected chi connectivity index (χ2v) is 6.70. The highest BCUT2D eigenvalue weighted by Gasteiger charge is 2.39. The molecule has 1 atom stereocenters. The predicted molar refractivity (Wildman–Crippen MR) is 102 cm³/mol. The van der Waals surface area contributed by atoms with Gasteiger partial charge < -0.3 is 10.1 Å². The van der Waals surface area contributed by atoms with E-state index in [1.54, 1.807) is 26.2 Å². The summed E-state index contributed by atoms with van der Waals surface area (Å²) in [5, 5.41) is 6.69. The van der Waals surface area contributed by atoms with E-state index in [4.69, 9.17) is 11.3 Å². The Morgan fingerprint density at radius 2 is 1.97 bits per heavy atom. The molecule has 6 nitrogen and oxygen atoms in total. The lowest BCUT2D eigenvalue weighted by Gasteiger charge is -2.23. The molecule has 0 aromatic heterocycles. The third kappa shape index (κ3) is 4.16. The summed E-state index contributed by atoms with van der Waals surface area (Å²) < 4.78 is 44.5. The van der Waals surface area contributed by atoms with Gasteiger partial charge in [-0.05, 0) is 48.9 Å². The maximum absolute atomic E-state index is 13.1. The molecule has 0 aliphatic carbocycles. The van der Waals surface area contributed by atoms with Crippen LogP contribution in [0.25, 0.3) is 4.85 Å². The second-order valence-electron chi connectivity index (χ2n) is 6.70. The molecule has 0 spiro atoms. The highest BCUT2D eigenvalue weighted by atomic mass is 19.4. The number of carbonyl (C=O) groups excluding carboxylic acids is 1. The number of carbonyl (C=O) groups is 1. The molecule has 0 saturated heterocycles. The van der Waals surface area contributed by atoms with Crippen LogP contribution < -0.4 is 15.5 Å². The van der Waals surface area contributed by atoms with Crippen molar-refractivity contribution in [1.29, 1.82) is 0 Å². The number of nitrogens with one attached hydrogen (secondary N) is 2. The van der Waals surface area contributed by atoms with Crippen molar-refractivity contribution < 1.29 is 22.7 Å². The van der Waals surface area contributed by atoms with Crippen molar-refractivity contribution in [2.24, 2.45) is 5.10 Å². The predicted octanol–water partition coefficient (Wildman–Crippen LogP) is 4.36. The average molecular weight is 402 g/mol. The van der Waals surface area contributed by atoms with Crippen LogP contribution in [0.5, 0.6) is 5.75 Å². The molecule has 0 bridgehead atoms. The number of rotatable bonds is 4. The topological polar surface area (TPSA) is 67.1 Å². The van der Waals surface area contributed by atoms with Crippen molar-refractivity contribution in [1.82, 2.24) is 5.43 Å². The van der Waals surface area contributed by atoms with Crippen molar-refractivity contribution in [3.63, 3.8) is 0 Å². The first kappa shape index (κ1) is 20.2. The molecule has 0 radical (unpaired) electrons. The van der Waals surface area contributed by atoms with E-state index < -0.39 is 28.9 Å². The SMILES string of the molecule is [C-]#[N+]c1ccc(NC(=O)C2(C)CC(c3ccc(OC)cc3)=NN2)cc1C(F)(F)F. The van der Waals surface area contributed by atoms with E-state index in [2.05, 4.69) is 20.7 Å². The van der Waals surface area contributed by atoms with Crippen LogP contribution in [0.4, 0.5) is 24.5 Å². The van der Waals surface area contributed by atoms with Gasteiger partial charge in [-0.15, -0.1) is 0 Å². The summed E-state index contributed by atoms with van der Waals surface area (Å²) in [6, 6.07) is 10.2. The van der Waals surface area contributed by atoms with Crippen LogP contribution in [0.3, 0.4) is 0 Å². The van der Waals surface area contributed by atoms with Crippen LogP contribution in [-0.4, -0.2) is 24.3 Å². The molecule has 3 rings (SSSR count). The number of halogens is 3. The van der Waals surface area contributed by atoms with Crippen molar-refractivity contribution in [2.45, 2.75) is 25.1 Å². The van der Waals surface area contributed by atoms with Crippen LogP contribution in [0.2, 0.25) is 0 Å². The van der Waals surface area contributed by atoms with Gasteiger partial charge in [0.05, 0.1) is 25.0 Å². The van der Waals surface area contributed by atoms with Gasteiger partial charge in [0.2, 0.25) is 0 Å². The van der Waals surface area contributed by atoms with E-state index in [1.165, 1.54) is 6.07 Å². The smallest absolute Gasteiger partial charge is 0.407 e. The minimum absolute atomic E-state index is 0.0457. The lowest BCUT2D eigenvalue weighted by Crippen LogP contribution is -2.47. The molecule has 1 amide bonds. The number of anilines is 1. The minimum Gasteiger partial charge on any atom is -0.497 e.